The standard InChI is InChI=1S/C23H28ClN3O4/c24-22-18(16-5-2-1-3-6-16)7-4-8-19(22)23(31)27-20-10-9-15(13-26-20)12-25-14-17(28)11-21(29)30/h4,7-10,13,16-17,25,28H,1-3,5-6,11-12,14H2,(H,29,30)(H,26,27,31)/t17-/m0/s1. The first-order valence-corrected chi connectivity index (χ1v) is 11.0. The fraction of sp³-hybridized carbons (Fsp3) is 0.435. The van der Waals surface area contributed by atoms with Crippen molar-refractivity contribution in [1.82, 2.24) is 10.3 Å². The van der Waals surface area contributed by atoms with Gasteiger partial charge < -0.3 is 20.8 Å². The summed E-state index contributed by atoms with van der Waals surface area (Å²) in [4.78, 5) is 27.6. The molecule has 2 aromatic rings. The number of benzene rings is 1. The van der Waals surface area contributed by atoms with Crippen LogP contribution in [0.2, 0.25) is 5.02 Å². The first-order valence-electron chi connectivity index (χ1n) is 10.6. The molecule has 1 aromatic carbocycles. The Balaban J connectivity index is 1.56. The minimum Gasteiger partial charge on any atom is -0.481 e. The van der Waals surface area contributed by atoms with Gasteiger partial charge in [-0.1, -0.05) is 49.1 Å². The van der Waals surface area contributed by atoms with Gasteiger partial charge in [0.2, 0.25) is 0 Å². The molecule has 1 fully saturated rings. The Labute approximate surface area is 186 Å². The van der Waals surface area contributed by atoms with Gasteiger partial charge in [-0.05, 0) is 42.0 Å². The van der Waals surface area contributed by atoms with Crippen molar-refractivity contribution in [2.45, 2.75) is 57.1 Å². The lowest BCUT2D eigenvalue weighted by atomic mass is 9.83. The number of carbonyl (C=O) groups is 2. The molecule has 0 saturated heterocycles. The van der Waals surface area contributed by atoms with Crippen molar-refractivity contribution < 1.29 is 19.8 Å². The van der Waals surface area contributed by atoms with Gasteiger partial charge in [0.15, 0.2) is 0 Å². The summed E-state index contributed by atoms with van der Waals surface area (Å²) < 4.78 is 0. The van der Waals surface area contributed by atoms with E-state index in [4.69, 9.17) is 16.7 Å². The van der Waals surface area contributed by atoms with Crippen molar-refractivity contribution in [3.63, 3.8) is 0 Å². The average Bonchev–Trinajstić information content (AvgIpc) is 2.75. The highest BCUT2D eigenvalue weighted by Gasteiger charge is 2.21. The third-order valence-electron chi connectivity index (χ3n) is 5.50. The van der Waals surface area contributed by atoms with E-state index >= 15 is 0 Å². The molecular weight excluding hydrogens is 418 g/mol. The lowest BCUT2D eigenvalue weighted by Crippen LogP contribution is -2.28. The highest BCUT2D eigenvalue weighted by atomic mass is 35.5. The fourth-order valence-corrected chi connectivity index (χ4v) is 4.26. The van der Waals surface area contributed by atoms with Crippen LogP contribution in [0, 0.1) is 0 Å². The molecule has 166 valence electrons. The Morgan fingerprint density at radius 1 is 1.16 bits per heavy atom. The summed E-state index contributed by atoms with van der Waals surface area (Å²) in [5, 5.41) is 24.5. The van der Waals surface area contributed by atoms with Crippen LogP contribution in [-0.4, -0.2) is 39.7 Å². The van der Waals surface area contributed by atoms with Crippen LogP contribution in [0.1, 0.15) is 65.9 Å². The smallest absolute Gasteiger partial charge is 0.306 e. The van der Waals surface area contributed by atoms with E-state index in [9.17, 15) is 14.7 Å². The number of aromatic nitrogens is 1. The van der Waals surface area contributed by atoms with Gasteiger partial charge in [-0.2, -0.15) is 0 Å². The van der Waals surface area contributed by atoms with E-state index in [-0.39, 0.29) is 18.9 Å². The first-order chi connectivity index (χ1) is 14.9. The largest absolute Gasteiger partial charge is 0.481 e. The normalized spacial score (nSPS) is 15.4. The van der Waals surface area contributed by atoms with Gasteiger partial charge in [-0.15, -0.1) is 0 Å². The molecule has 1 atom stereocenters. The average molecular weight is 446 g/mol. The summed E-state index contributed by atoms with van der Waals surface area (Å²) in [6.45, 7) is 0.591. The highest BCUT2D eigenvalue weighted by Crippen LogP contribution is 2.37. The molecule has 0 radical (unpaired) electrons. The summed E-state index contributed by atoms with van der Waals surface area (Å²) in [6.07, 6.45) is 6.23. The maximum atomic E-state index is 12.8. The van der Waals surface area contributed by atoms with Crippen LogP contribution < -0.4 is 10.6 Å². The Morgan fingerprint density at radius 2 is 1.94 bits per heavy atom. The van der Waals surface area contributed by atoms with Gasteiger partial charge >= 0.3 is 5.97 Å². The van der Waals surface area contributed by atoms with Crippen LogP contribution in [-0.2, 0) is 11.3 Å². The van der Waals surface area contributed by atoms with E-state index in [1.54, 1.807) is 24.4 Å². The summed E-state index contributed by atoms with van der Waals surface area (Å²) in [5.74, 6) is -0.509. The Hall–Kier alpha value is -2.48. The van der Waals surface area contributed by atoms with Crippen molar-refractivity contribution in [2.24, 2.45) is 0 Å². The number of halogens is 1. The van der Waals surface area contributed by atoms with Crippen LogP contribution in [0.25, 0.3) is 0 Å². The Morgan fingerprint density at radius 3 is 2.61 bits per heavy atom. The molecule has 7 nitrogen and oxygen atoms in total. The topological polar surface area (TPSA) is 112 Å². The second-order valence-electron chi connectivity index (χ2n) is 7.93. The van der Waals surface area contributed by atoms with Crippen molar-refractivity contribution in [3.05, 3.63) is 58.2 Å². The zero-order valence-electron chi connectivity index (χ0n) is 17.3. The number of nitrogens with zero attached hydrogens (tertiary/aromatic N) is 1. The van der Waals surface area contributed by atoms with Gasteiger partial charge in [-0.25, -0.2) is 4.98 Å². The van der Waals surface area contributed by atoms with Crippen LogP contribution in [0.15, 0.2) is 36.5 Å². The van der Waals surface area contributed by atoms with Crippen molar-refractivity contribution >= 4 is 29.3 Å². The summed E-state index contributed by atoms with van der Waals surface area (Å²) in [5.41, 5.74) is 2.34. The maximum absolute atomic E-state index is 12.8. The minimum atomic E-state index is -1.04. The van der Waals surface area contributed by atoms with Crippen molar-refractivity contribution in [2.75, 3.05) is 11.9 Å². The molecule has 1 heterocycles. The SMILES string of the molecule is O=C(O)C[C@H](O)CNCc1ccc(NC(=O)c2cccc(C3CCCCC3)c2Cl)nc1. The second kappa shape index (κ2) is 11.2. The molecule has 4 N–H and O–H groups in total. The Bertz CT molecular complexity index is 898. The molecule has 31 heavy (non-hydrogen) atoms. The molecule has 3 rings (SSSR count). The summed E-state index contributed by atoms with van der Waals surface area (Å²) in [7, 11) is 0. The summed E-state index contributed by atoms with van der Waals surface area (Å²) >= 11 is 6.60. The number of aliphatic hydroxyl groups excluding tert-OH is 1. The third-order valence-corrected chi connectivity index (χ3v) is 5.93. The van der Waals surface area contributed by atoms with Gasteiger partial charge in [0, 0.05) is 19.3 Å². The van der Waals surface area contributed by atoms with Gasteiger partial charge in [-0.3, -0.25) is 9.59 Å². The molecule has 0 spiro atoms. The zero-order chi connectivity index (χ0) is 22.2. The molecule has 1 amide bonds. The quantitative estimate of drug-likeness (QED) is 0.465. The van der Waals surface area contributed by atoms with E-state index in [2.05, 4.69) is 15.6 Å². The van der Waals surface area contributed by atoms with Gasteiger partial charge in [0.25, 0.3) is 5.91 Å². The molecular formula is C23H28ClN3O4. The van der Waals surface area contributed by atoms with Crippen LogP contribution in [0.4, 0.5) is 5.82 Å². The fourth-order valence-electron chi connectivity index (χ4n) is 3.90. The third kappa shape index (κ3) is 6.75. The number of hydrogen-bond donors (Lipinski definition) is 4. The number of amides is 1. The summed E-state index contributed by atoms with van der Waals surface area (Å²) in [6, 6.07) is 9.12. The molecule has 8 heteroatoms. The molecule has 0 bridgehead atoms. The monoisotopic (exact) mass is 445 g/mol. The number of carboxylic acids is 1. The number of pyridine rings is 1. The molecule has 1 saturated carbocycles. The van der Waals surface area contributed by atoms with E-state index < -0.39 is 12.1 Å². The molecule has 0 unspecified atom stereocenters. The number of hydrogen-bond acceptors (Lipinski definition) is 5. The molecule has 0 aliphatic heterocycles. The second-order valence-corrected chi connectivity index (χ2v) is 8.31. The lowest BCUT2D eigenvalue weighted by Gasteiger charge is -2.23. The number of carboxylic acid groups (broad SMARTS) is 1. The minimum absolute atomic E-state index is 0.167. The van der Waals surface area contributed by atoms with Gasteiger partial charge in [0.05, 0.1) is 23.1 Å². The molecule has 1 aliphatic rings. The number of carbonyl (C=O) groups excluding carboxylic acids is 1. The zero-order valence-corrected chi connectivity index (χ0v) is 18.1. The number of aliphatic hydroxyl groups is 1. The maximum Gasteiger partial charge on any atom is 0.306 e. The lowest BCUT2D eigenvalue weighted by molar-refractivity contribution is -0.139. The van der Waals surface area contributed by atoms with Crippen molar-refractivity contribution in [3.8, 4) is 0 Å². The number of rotatable bonds is 9. The highest BCUT2D eigenvalue weighted by molar-refractivity contribution is 6.35. The number of aliphatic carboxylic acids is 1. The Kier molecular flexibility index (Phi) is 8.40. The number of anilines is 1. The molecule has 1 aliphatic carbocycles. The predicted octanol–water partition coefficient (Wildman–Crippen LogP) is 3.96. The van der Waals surface area contributed by atoms with E-state index in [1.807, 2.05) is 12.1 Å². The number of nitrogens with one attached hydrogen (secondary N) is 2. The van der Waals surface area contributed by atoms with Gasteiger partial charge in [0.1, 0.15) is 5.82 Å². The van der Waals surface area contributed by atoms with Crippen LogP contribution in [0.3, 0.4) is 0 Å². The first kappa shape index (κ1) is 23.2. The van der Waals surface area contributed by atoms with E-state index in [1.165, 1.54) is 19.3 Å². The predicted molar refractivity (Wildman–Crippen MR) is 119 cm³/mol. The molecule has 1 aromatic heterocycles. The van der Waals surface area contributed by atoms with Crippen LogP contribution >= 0.6 is 11.6 Å². The van der Waals surface area contributed by atoms with Crippen molar-refractivity contribution in [1.29, 1.82) is 0 Å². The van der Waals surface area contributed by atoms with E-state index in [0.29, 0.717) is 28.9 Å². The van der Waals surface area contributed by atoms with Crippen LogP contribution in [0.5, 0.6) is 0 Å². The van der Waals surface area contributed by atoms with E-state index in [0.717, 1.165) is 24.0 Å².